The third-order valence-corrected chi connectivity index (χ3v) is 5.77. The fraction of sp³-hybridized carbons (Fsp3) is 0.304. The van der Waals surface area contributed by atoms with Crippen LogP contribution in [0.2, 0.25) is 0 Å². The van der Waals surface area contributed by atoms with Crippen molar-refractivity contribution in [2.75, 3.05) is 0 Å². The van der Waals surface area contributed by atoms with Gasteiger partial charge in [0.1, 0.15) is 0 Å². The summed E-state index contributed by atoms with van der Waals surface area (Å²) in [6, 6.07) is 20.4. The van der Waals surface area contributed by atoms with Crippen molar-refractivity contribution in [2.24, 2.45) is 5.92 Å². The Hall–Kier alpha value is -2.08. The predicted octanol–water partition coefficient (Wildman–Crippen LogP) is 6.50. The van der Waals surface area contributed by atoms with E-state index in [9.17, 15) is 0 Å². The molecule has 116 valence electrons. The molecule has 3 aromatic rings. The first kappa shape index (κ1) is 14.5. The minimum atomic E-state index is 0.634. The maximum absolute atomic E-state index is 2.41. The summed E-state index contributed by atoms with van der Waals surface area (Å²) in [5.74, 6) is 1.35. The van der Waals surface area contributed by atoms with Gasteiger partial charge in [0.2, 0.25) is 0 Å². The Balaban J connectivity index is 2.04. The van der Waals surface area contributed by atoms with Crippen LogP contribution < -0.4 is 0 Å². The van der Waals surface area contributed by atoms with Crippen molar-refractivity contribution >= 4 is 10.8 Å². The van der Waals surface area contributed by atoms with Gasteiger partial charge in [-0.25, -0.2) is 0 Å². The van der Waals surface area contributed by atoms with Crippen molar-refractivity contribution in [1.82, 2.24) is 0 Å². The first-order valence-electron chi connectivity index (χ1n) is 8.81. The zero-order valence-corrected chi connectivity index (χ0v) is 14.3. The van der Waals surface area contributed by atoms with Gasteiger partial charge in [0.15, 0.2) is 0 Å². The molecule has 0 radical (unpaired) electrons. The molecule has 0 heteroatoms. The third-order valence-electron chi connectivity index (χ3n) is 5.77. The van der Waals surface area contributed by atoms with E-state index in [2.05, 4.69) is 75.4 Å². The SMILES string of the molecule is CCC(C)C1Cc2c(cc(C)c3ccccc23)-c2ccccc21. The van der Waals surface area contributed by atoms with Crippen LogP contribution in [0.4, 0.5) is 0 Å². The van der Waals surface area contributed by atoms with E-state index < -0.39 is 0 Å². The average molecular weight is 300 g/mol. The lowest BCUT2D eigenvalue weighted by molar-refractivity contribution is 0.441. The van der Waals surface area contributed by atoms with Crippen LogP contribution in [0.15, 0.2) is 54.6 Å². The van der Waals surface area contributed by atoms with Crippen molar-refractivity contribution in [3.05, 3.63) is 71.3 Å². The molecule has 0 heterocycles. The average Bonchev–Trinajstić information content (AvgIpc) is 2.61. The summed E-state index contributed by atoms with van der Waals surface area (Å²) >= 11 is 0. The molecular formula is C23H24. The van der Waals surface area contributed by atoms with Crippen molar-refractivity contribution in [2.45, 2.75) is 39.5 Å². The fourth-order valence-electron chi connectivity index (χ4n) is 4.26. The summed E-state index contributed by atoms with van der Waals surface area (Å²) in [7, 11) is 0. The maximum atomic E-state index is 2.41. The van der Waals surface area contributed by atoms with Gasteiger partial charge in [-0.2, -0.15) is 0 Å². The smallest absolute Gasteiger partial charge is 0.00893 e. The Kier molecular flexibility index (Phi) is 3.49. The first-order chi connectivity index (χ1) is 11.2. The molecule has 3 aromatic carbocycles. The zero-order valence-electron chi connectivity index (χ0n) is 14.3. The normalized spacial score (nSPS) is 17.6. The van der Waals surface area contributed by atoms with E-state index in [1.807, 2.05) is 0 Å². The van der Waals surface area contributed by atoms with E-state index >= 15 is 0 Å². The van der Waals surface area contributed by atoms with Gasteiger partial charge >= 0.3 is 0 Å². The molecule has 0 spiro atoms. The second-order valence-corrected chi connectivity index (χ2v) is 7.05. The molecular weight excluding hydrogens is 276 g/mol. The summed E-state index contributed by atoms with van der Waals surface area (Å²) in [4.78, 5) is 0. The second kappa shape index (κ2) is 5.53. The molecule has 0 fully saturated rings. The highest BCUT2D eigenvalue weighted by Crippen LogP contribution is 2.46. The van der Waals surface area contributed by atoms with E-state index in [-0.39, 0.29) is 0 Å². The summed E-state index contributed by atoms with van der Waals surface area (Å²) < 4.78 is 0. The minimum absolute atomic E-state index is 0.634. The van der Waals surface area contributed by atoms with Crippen LogP contribution >= 0.6 is 0 Å². The zero-order chi connectivity index (χ0) is 16.0. The van der Waals surface area contributed by atoms with Gasteiger partial charge in [0.25, 0.3) is 0 Å². The fourth-order valence-corrected chi connectivity index (χ4v) is 4.26. The Bertz CT molecular complexity index is 872. The van der Waals surface area contributed by atoms with Crippen LogP contribution in [-0.2, 0) is 6.42 Å². The molecule has 1 aliphatic carbocycles. The monoisotopic (exact) mass is 300 g/mol. The van der Waals surface area contributed by atoms with Crippen LogP contribution in [0.1, 0.15) is 42.9 Å². The minimum Gasteiger partial charge on any atom is -0.0651 e. The molecule has 2 atom stereocenters. The van der Waals surface area contributed by atoms with Gasteiger partial charge in [0, 0.05) is 0 Å². The molecule has 2 unspecified atom stereocenters. The molecule has 4 rings (SSSR count). The Morgan fingerprint density at radius 2 is 1.65 bits per heavy atom. The molecule has 23 heavy (non-hydrogen) atoms. The van der Waals surface area contributed by atoms with Crippen LogP contribution in [0.3, 0.4) is 0 Å². The van der Waals surface area contributed by atoms with Crippen LogP contribution in [0.5, 0.6) is 0 Å². The largest absolute Gasteiger partial charge is 0.0651 e. The number of rotatable bonds is 2. The van der Waals surface area contributed by atoms with Crippen molar-refractivity contribution < 1.29 is 0 Å². The highest BCUT2D eigenvalue weighted by molar-refractivity contribution is 5.95. The van der Waals surface area contributed by atoms with Crippen molar-refractivity contribution in [3.63, 3.8) is 0 Å². The third kappa shape index (κ3) is 2.20. The molecule has 1 aliphatic rings. The second-order valence-electron chi connectivity index (χ2n) is 7.05. The van der Waals surface area contributed by atoms with Crippen LogP contribution in [0, 0.1) is 12.8 Å². The van der Waals surface area contributed by atoms with Gasteiger partial charge < -0.3 is 0 Å². The Labute approximate surface area is 139 Å². The van der Waals surface area contributed by atoms with Gasteiger partial charge in [-0.05, 0) is 63.8 Å². The first-order valence-corrected chi connectivity index (χ1v) is 8.81. The molecule has 0 bridgehead atoms. The number of aryl methyl sites for hydroxylation is 1. The molecule has 0 nitrogen and oxygen atoms in total. The summed E-state index contributed by atoms with van der Waals surface area (Å²) in [5, 5.41) is 2.86. The molecule has 0 saturated heterocycles. The summed E-state index contributed by atoms with van der Waals surface area (Å²) in [5.41, 5.74) is 7.39. The van der Waals surface area contributed by atoms with Crippen molar-refractivity contribution in [3.8, 4) is 11.1 Å². The summed E-state index contributed by atoms with van der Waals surface area (Å²) in [6.07, 6.45) is 2.40. The molecule has 0 aliphatic heterocycles. The van der Waals surface area contributed by atoms with Gasteiger partial charge in [-0.3, -0.25) is 0 Å². The molecule has 0 aromatic heterocycles. The van der Waals surface area contributed by atoms with Crippen molar-refractivity contribution in [1.29, 1.82) is 0 Å². The highest BCUT2D eigenvalue weighted by Gasteiger charge is 2.29. The lowest BCUT2D eigenvalue weighted by atomic mass is 9.71. The molecule has 0 N–H and O–H groups in total. The molecule has 0 saturated carbocycles. The number of fused-ring (bicyclic) bond motifs is 5. The lowest BCUT2D eigenvalue weighted by Crippen LogP contribution is -2.18. The van der Waals surface area contributed by atoms with E-state index in [0.29, 0.717) is 11.8 Å². The van der Waals surface area contributed by atoms with E-state index in [1.165, 1.54) is 40.3 Å². The maximum Gasteiger partial charge on any atom is -0.00893 e. The van der Waals surface area contributed by atoms with E-state index in [0.717, 1.165) is 0 Å². The number of hydrogen-bond donors (Lipinski definition) is 0. The van der Waals surface area contributed by atoms with Gasteiger partial charge in [-0.15, -0.1) is 0 Å². The number of hydrogen-bond acceptors (Lipinski definition) is 0. The van der Waals surface area contributed by atoms with Gasteiger partial charge in [-0.1, -0.05) is 74.9 Å². The highest BCUT2D eigenvalue weighted by atomic mass is 14.3. The Morgan fingerprint density at radius 3 is 2.43 bits per heavy atom. The standard InChI is InChI=1S/C23H24/c1-4-15(2)21-14-23-18-10-6-5-9-17(18)16(3)13-22(23)20-12-8-7-11-19(20)21/h5-13,15,21H,4,14H2,1-3H3. The van der Waals surface area contributed by atoms with Gasteiger partial charge in [0.05, 0.1) is 0 Å². The van der Waals surface area contributed by atoms with E-state index in [1.54, 1.807) is 11.1 Å². The lowest BCUT2D eigenvalue weighted by Gasteiger charge is -2.33. The van der Waals surface area contributed by atoms with E-state index in [4.69, 9.17) is 0 Å². The predicted molar refractivity (Wildman–Crippen MR) is 100 cm³/mol. The topological polar surface area (TPSA) is 0 Å². The summed E-state index contributed by atoms with van der Waals surface area (Å²) in [6.45, 7) is 6.96. The van der Waals surface area contributed by atoms with Crippen LogP contribution in [0.25, 0.3) is 21.9 Å². The number of benzene rings is 3. The van der Waals surface area contributed by atoms with Crippen LogP contribution in [-0.4, -0.2) is 0 Å². The quantitative estimate of drug-likeness (QED) is 0.506. The molecule has 0 amide bonds. The Morgan fingerprint density at radius 1 is 0.957 bits per heavy atom.